The third-order valence-electron chi connectivity index (χ3n) is 3.67. The summed E-state index contributed by atoms with van der Waals surface area (Å²) < 4.78 is 0. The van der Waals surface area contributed by atoms with Crippen molar-refractivity contribution in [1.29, 1.82) is 0 Å². The van der Waals surface area contributed by atoms with Gasteiger partial charge in [0.05, 0.1) is 6.04 Å². The fraction of sp³-hybridized carbons (Fsp3) is 0.917. The minimum absolute atomic E-state index is 0.174. The predicted molar refractivity (Wildman–Crippen MR) is 63.9 cm³/mol. The van der Waals surface area contributed by atoms with Crippen LogP contribution in [-0.2, 0) is 4.79 Å². The second-order valence-corrected chi connectivity index (χ2v) is 5.59. The van der Waals surface area contributed by atoms with Crippen LogP contribution in [0.3, 0.4) is 0 Å². The number of nitrogens with zero attached hydrogens (tertiary/aromatic N) is 1. The van der Waals surface area contributed by atoms with Crippen molar-refractivity contribution >= 4 is 5.91 Å². The molecule has 2 aliphatic rings. The molecule has 2 rings (SSSR count). The van der Waals surface area contributed by atoms with Gasteiger partial charge in [-0.05, 0) is 38.1 Å². The van der Waals surface area contributed by atoms with Gasteiger partial charge in [-0.3, -0.25) is 4.79 Å². The van der Waals surface area contributed by atoms with Gasteiger partial charge in [0.15, 0.2) is 0 Å². The highest BCUT2D eigenvalue weighted by molar-refractivity contribution is 5.80. The van der Waals surface area contributed by atoms with Crippen LogP contribution in [0.2, 0.25) is 0 Å². The number of rotatable bonds is 7. The van der Waals surface area contributed by atoms with Gasteiger partial charge in [-0.1, -0.05) is 6.92 Å². The van der Waals surface area contributed by atoms with Crippen LogP contribution in [0.25, 0.3) is 0 Å². The lowest BCUT2D eigenvalue weighted by molar-refractivity contribution is -0.120. The summed E-state index contributed by atoms with van der Waals surface area (Å²) in [6.07, 6.45) is 3.71. The highest BCUT2D eigenvalue weighted by atomic mass is 16.1. The molecule has 0 aliphatic heterocycles. The van der Waals surface area contributed by atoms with E-state index in [0.717, 1.165) is 24.9 Å². The molecule has 4 nitrogen and oxygen atoms in total. The molecule has 2 aliphatic carbocycles. The Labute approximate surface area is 97.6 Å². The molecule has 0 aromatic carbocycles. The Balaban J connectivity index is 1.72. The number of primary amides is 1. The Morgan fingerprint density at radius 3 is 2.62 bits per heavy atom. The summed E-state index contributed by atoms with van der Waals surface area (Å²) in [5, 5.41) is 3.31. The van der Waals surface area contributed by atoms with Crippen LogP contribution in [0.4, 0.5) is 0 Å². The average Bonchev–Trinajstić information content (AvgIpc) is 3.06. The van der Waals surface area contributed by atoms with Gasteiger partial charge in [-0.25, -0.2) is 0 Å². The summed E-state index contributed by atoms with van der Waals surface area (Å²) in [6.45, 7) is 4.12. The zero-order chi connectivity index (χ0) is 11.7. The first kappa shape index (κ1) is 11.9. The molecule has 3 unspecified atom stereocenters. The molecule has 0 bridgehead atoms. The number of likely N-dealkylation sites (N-methyl/N-ethyl adjacent to an activating group) is 1. The molecule has 0 radical (unpaired) electrons. The van der Waals surface area contributed by atoms with E-state index < -0.39 is 0 Å². The van der Waals surface area contributed by atoms with Gasteiger partial charge in [0.25, 0.3) is 0 Å². The molecule has 2 saturated carbocycles. The highest BCUT2D eigenvalue weighted by Gasteiger charge is 2.34. The number of carbonyl (C=O) groups excluding carboxylic acids is 1. The van der Waals surface area contributed by atoms with Crippen molar-refractivity contribution in [2.45, 2.75) is 38.3 Å². The van der Waals surface area contributed by atoms with Crippen molar-refractivity contribution in [3.63, 3.8) is 0 Å². The normalized spacial score (nSPS) is 30.4. The Kier molecular flexibility index (Phi) is 3.50. The standard InChI is InChI=1S/C12H23N3O/c1-8-5-9(8)6-15(2)7-11(12(13)16)14-10-3-4-10/h8-11,14H,3-7H2,1-2H3,(H2,13,16). The van der Waals surface area contributed by atoms with Crippen molar-refractivity contribution in [3.8, 4) is 0 Å². The van der Waals surface area contributed by atoms with E-state index in [-0.39, 0.29) is 11.9 Å². The Morgan fingerprint density at radius 2 is 2.19 bits per heavy atom. The first-order chi connectivity index (χ1) is 7.56. The van der Waals surface area contributed by atoms with E-state index in [1.807, 2.05) is 0 Å². The largest absolute Gasteiger partial charge is 0.368 e. The van der Waals surface area contributed by atoms with E-state index in [2.05, 4.69) is 24.2 Å². The zero-order valence-corrected chi connectivity index (χ0v) is 10.3. The summed E-state index contributed by atoms with van der Waals surface area (Å²) in [5.41, 5.74) is 5.41. The molecule has 0 saturated heterocycles. The second-order valence-electron chi connectivity index (χ2n) is 5.59. The van der Waals surface area contributed by atoms with Gasteiger partial charge >= 0.3 is 0 Å². The first-order valence-electron chi connectivity index (χ1n) is 6.30. The van der Waals surface area contributed by atoms with Crippen molar-refractivity contribution in [2.24, 2.45) is 17.6 Å². The average molecular weight is 225 g/mol. The van der Waals surface area contributed by atoms with Gasteiger partial charge in [-0.2, -0.15) is 0 Å². The molecule has 2 fully saturated rings. The van der Waals surface area contributed by atoms with Crippen LogP contribution in [-0.4, -0.2) is 43.0 Å². The maximum absolute atomic E-state index is 11.3. The molecule has 3 N–H and O–H groups in total. The lowest BCUT2D eigenvalue weighted by Gasteiger charge is -2.22. The predicted octanol–water partition coefficient (Wildman–Crippen LogP) is 0.180. The monoisotopic (exact) mass is 225 g/mol. The maximum atomic E-state index is 11.3. The molecule has 0 aromatic rings. The molecule has 4 heteroatoms. The lowest BCUT2D eigenvalue weighted by atomic mass is 10.2. The van der Waals surface area contributed by atoms with E-state index in [0.29, 0.717) is 6.04 Å². The number of nitrogens with one attached hydrogen (secondary N) is 1. The topological polar surface area (TPSA) is 58.4 Å². The first-order valence-corrected chi connectivity index (χ1v) is 6.30. The Hall–Kier alpha value is -0.610. The third-order valence-corrected chi connectivity index (χ3v) is 3.67. The van der Waals surface area contributed by atoms with Gasteiger partial charge in [0, 0.05) is 19.1 Å². The molecule has 0 heterocycles. The minimum atomic E-state index is -0.220. The maximum Gasteiger partial charge on any atom is 0.235 e. The van der Waals surface area contributed by atoms with Crippen LogP contribution >= 0.6 is 0 Å². The number of hydrogen-bond donors (Lipinski definition) is 2. The minimum Gasteiger partial charge on any atom is -0.368 e. The molecule has 92 valence electrons. The zero-order valence-electron chi connectivity index (χ0n) is 10.3. The molecule has 16 heavy (non-hydrogen) atoms. The smallest absolute Gasteiger partial charge is 0.235 e. The van der Waals surface area contributed by atoms with Crippen LogP contribution in [0.5, 0.6) is 0 Å². The molecule has 1 amide bonds. The third kappa shape index (κ3) is 3.46. The van der Waals surface area contributed by atoms with Crippen molar-refractivity contribution in [1.82, 2.24) is 10.2 Å². The molecular formula is C12H23N3O. The number of nitrogens with two attached hydrogens (primary N) is 1. The summed E-state index contributed by atoms with van der Waals surface area (Å²) in [6, 6.07) is 0.359. The summed E-state index contributed by atoms with van der Waals surface area (Å²) in [7, 11) is 2.08. The molecular weight excluding hydrogens is 202 g/mol. The van der Waals surface area contributed by atoms with Gasteiger partial charge in [0.1, 0.15) is 0 Å². The van der Waals surface area contributed by atoms with Gasteiger partial charge in [0.2, 0.25) is 5.91 Å². The van der Waals surface area contributed by atoms with E-state index >= 15 is 0 Å². The van der Waals surface area contributed by atoms with Crippen molar-refractivity contribution in [2.75, 3.05) is 20.1 Å². The van der Waals surface area contributed by atoms with Crippen LogP contribution < -0.4 is 11.1 Å². The van der Waals surface area contributed by atoms with Crippen LogP contribution in [0.1, 0.15) is 26.2 Å². The van der Waals surface area contributed by atoms with Crippen molar-refractivity contribution < 1.29 is 4.79 Å². The van der Waals surface area contributed by atoms with E-state index in [4.69, 9.17) is 5.73 Å². The Morgan fingerprint density at radius 1 is 1.56 bits per heavy atom. The quantitative estimate of drug-likeness (QED) is 0.650. The number of amides is 1. The van der Waals surface area contributed by atoms with Gasteiger partial charge in [-0.15, -0.1) is 0 Å². The fourth-order valence-corrected chi connectivity index (χ4v) is 2.20. The van der Waals surface area contributed by atoms with Crippen molar-refractivity contribution in [3.05, 3.63) is 0 Å². The van der Waals surface area contributed by atoms with Crippen LogP contribution in [0, 0.1) is 11.8 Å². The number of carbonyl (C=O) groups is 1. The summed E-state index contributed by atoms with van der Waals surface area (Å²) >= 11 is 0. The fourth-order valence-electron chi connectivity index (χ4n) is 2.20. The highest BCUT2D eigenvalue weighted by Crippen LogP contribution is 2.37. The van der Waals surface area contributed by atoms with E-state index in [1.165, 1.54) is 19.3 Å². The molecule has 0 spiro atoms. The summed E-state index contributed by atoms with van der Waals surface area (Å²) in [5.74, 6) is 1.48. The van der Waals surface area contributed by atoms with Gasteiger partial charge < -0.3 is 16.0 Å². The Bertz CT molecular complexity index is 265. The SMILES string of the molecule is CC1CC1CN(C)CC(NC1CC1)C(N)=O. The van der Waals surface area contributed by atoms with E-state index in [9.17, 15) is 4.79 Å². The second kappa shape index (κ2) is 4.72. The number of hydrogen-bond acceptors (Lipinski definition) is 3. The lowest BCUT2D eigenvalue weighted by Crippen LogP contribution is -2.49. The van der Waals surface area contributed by atoms with E-state index in [1.54, 1.807) is 0 Å². The molecule has 3 atom stereocenters. The molecule has 0 aromatic heterocycles. The summed E-state index contributed by atoms with van der Waals surface area (Å²) in [4.78, 5) is 13.5. The van der Waals surface area contributed by atoms with Crippen LogP contribution in [0.15, 0.2) is 0 Å².